The second-order valence-corrected chi connectivity index (χ2v) is 5.75. The molecule has 0 saturated heterocycles. The summed E-state index contributed by atoms with van der Waals surface area (Å²) in [6.45, 7) is 7.24. The number of ether oxygens (including phenoxy) is 1. The summed E-state index contributed by atoms with van der Waals surface area (Å²) in [7, 11) is 1.45. The number of carbonyl (C=O) groups is 2. The predicted molar refractivity (Wildman–Crippen MR) is 79.6 cm³/mol. The highest BCUT2D eigenvalue weighted by Crippen LogP contribution is 2.33. The topological polar surface area (TPSA) is 79.2 Å². The average Bonchev–Trinajstić information content (AvgIpc) is 2.42. The van der Waals surface area contributed by atoms with Crippen molar-refractivity contribution in [1.29, 1.82) is 5.26 Å². The molecule has 0 fully saturated rings. The van der Waals surface area contributed by atoms with Gasteiger partial charge in [-0.05, 0) is 30.0 Å². The van der Waals surface area contributed by atoms with Gasteiger partial charge in [-0.2, -0.15) is 5.26 Å². The molecule has 1 N–H and O–H groups in total. The van der Waals surface area contributed by atoms with Crippen LogP contribution in [0.3, 0.4) is 0 Å². The molecule has 0 unspecified atom stereocenters. The molecule has 0 heterocycles. The van der Waals surface area contributed by atoms with E-state index in [2.05, 4.69) is 5.32 Å². The molecule has 0 aliphatic carbocycles. The van der Waals surface area contributed by atoms with E-state index >= 15 is 0 Å². The molecule has 0 spiro atoms. The Kier molecular flexibility index (Phi) is 5.09. The summed E-state index contributed by atoms with van der Waals surface area (Å²) in [6.07, 6.45) is 0. The van der Waals surface area contributed by atoms with Gasteiger partial charge in [-0.3, -0.25) is 9.59 Å². The van der Waals surface area contributed by atoms with Crippen LogP contribution in [-0.2, 0) is 5.41 Å². The van der Waals surface area contributed by atoms with Crippen LogP contribution in [-0.4, -0.2) is 25.3 Å². The maximum absolute atomic E-state index is 12.3. The van der Waals surface area contributed by atoms with Gasteiger partial charge in [0.2, 0.25) is 0 Å². The number of amides is 1. The van der Waals surface area contributed by atoms with Gasteiger partial charge in [0.15, 0.2) is 5.78 Å². The molecular weight excluding hydrogens is 268 g/mol. The van der Waals surface area contributed by atoms with Crippen LogP contribution < -0.4 is 10.1 Å². The normalized spacial score (nSPS) is 10.7. The highest BCUT2D eigenvalue weighted by atomic mass is 16.5. The van der Waals surface area contributed by atoms with Gasteiger partial charge < -0.3 is 10.1 Å². The quantitative estimate of drug-likeness (QED) is 0.681. The smallest absolute Gasteiger partial charge is 0.256 e. The van der Waals surface area contributed by atoms with Crippen molar-refractivity contribution in [2.45, 2.75) is 33.1 Å². The Morgan fingerprint density at radius 2 is 1.95 bits per heavy atom. The Hall–Kier alpha value is -2.35. The van der Waals surface area contributed by atoms with Gasteiger partial charge in [0.05, 0.1) is 18.7 Å². The first kappa shape index (κ1) is 16.7. The molecule has 1 amide bonds. The number of nitrogens with one attached hydrogen (secondary N) is 1. The number of methoxy groups -OCH3 is 1. The lowest BCUT2D eigenvalue weighted by molar-refractivity contribution is 0.0950. The van der Waals surface area contributed by atoms with Crippen molar-refractivity contribution in [1.82, 2.24) is 5.32 Å². The Morgan fingerprint density at radius 3 is 2.38 bits per heavy atom. The molecule has 1 rings (SSSR count). The first-order chi connectivity index (χ1) is 9.72. The van der Waals surface area contributed by atoms with Gasteiger partial charge in [-0.1, -0.05) is 20.8 Å². The van der Waals surface area contributed by atoms with E-state index in [-0.39, 0.29) is 23.7 Å². The van der Waals surface area contributed by atoms with E-state index in [1.54, 1.807) is 12.1 Å². The second-order valence-electron chi connectivity index (χ2n) is 5.75. The first-order valence-electron chi connectivity index (χ1n) is 6.61. The number of ketones is 1. The zero-order valence-electron chi connectivity index (χ0n) is 13.0. The summed E-state index contributed by atoms with van der Waals surface area (Å²) in [4.78, 5) is 24.0. The molecule has 0 saturated carbocycles. The molecule has 5 nitrogen and oxygen atoms in total. The summed E-state index contributed by atoms with van der Waals surface area (Å²) in [6, 6.07) is 5.14. The summed E-state index contributed by atoms with van der Waals surface area (Å²) in [5.74, 6) is -0.140. The number of nitrogens with zero attached hydrogens (tertiary/aromatic N) is 1. The molecule has 1 aromatic carbocycles. The van der Waals surface area contributed by atoms with Crippen molar-refractivity contribution >= 4 is 11.7 Å². The third-order valence-corrected chi connectivity index (χ3v) is 3.09. The maximum Gasteiger partial charge on any atom is 0.256 e. The van der Waals surface area contributed by atoms with E-state index < -0.39 is 0 Å². The Morgan fingerprint density at radius 1 is 1.33 bits per heavy atom. The molecule has 1 aromatic rings. The van der Waals surface area contributed by atoms with E-state index in [0.29, 0.717) is 22.4 Å². The van der Waals surface area contributed by atoms with Crippen molar-refractivity contribution in [2.75, 3.05) is 13.7 Å². The Labute approximate surface area is 124 Å². The number of hydrogen-bond acceptors (Lipinski definition) is 4. The molecule has 0 aromatic heterocycles. The second kappa shape index (κ2) is 6.40. The summed E-state index contributed by atoms with van der Waals surface area (Å²) in [5, 5.41) is 11.1. The largest absolute Gasteiger partial charge is 0.496 e. The molecule has 21 heavy (non-hydrogen) atoms. The third-order valence-electron chi connectivity index (χ3n) is 3.09. The van der Waals surface area contributed by atoms with Crippen LogP contribution in [0.15, 0.2) is 12.1 Å². The average molecular weight is 288 g/mol. The third kappa shape index (κ3) is 3.82. The number of Topliss-reactive ketones (excluding diaryl/α,β-unsaturated/α-hetero) is 1. The van der Waals surface area contributed by atoms with Gasteiger partial charge >= 0.3 is 0 Å². The fraction of sp³-hybridized carbons (Fsp3) is 0.438. The van der Waals surface area contributed by atoms with Crippen LogP contribution in [0, 0.1) is 11.3 Å². The molecule has 0 radical (unpaired) electrons. The van der Waals surface area contributed by atoms with Crippen molar-refractivity contribution in [3.63, 3.8) is 0 Å². The van der Waals surface area contributed by atoms with Crippen LogP contribution in [0.2, 0.25) is 0 Å². The maximum atomic E-state index is 12.3. The van der Waals surface area contributed by atoms with E-state index in [1.807, 2.05) is 26.8 Å². The van der Waals surface area contributed by atoms with Crippen molar-refractivity contribution in [3.8, 4) is 11.8 Å². The van der Waals surface area contributed by atoms with E-state index in [1.165, 1.54) is 14.0 Å². The fourth-order valence-electron chi connectivity index (χ4n) is 2.01. The lowest BCUT2D eigenvalue weighted by Crippen LogP contribution is -2.28. The van der Waals surface area contributed by atoms with Crippen molar-refractivity contribution < 1.29 is 14.3 Å². The summed E-state index contributed by atoms with van der Waals surface area (Å²) >= 11 is 0. The Bertz CT molecular complexity index is 607. The summed E-state index contributed by atoms with van der Waals surface area (Å²) in [5.41, 5.74) is 1.22. The van der Waals surface area contributed by atoms with Crippen LogP contribution in [0.1, 0.15) is 54.0 Å². The summed E-state index contributed by atoms with van der Waals surface area (Å²) < 4.78 is 5.28. The number of carbonyl (C=O) groups excluding carboxylic acids is 2. The zero-order chi connectivity index (χ0) is 16.2. The number of hydrogen-bond donors (Lipinski definition) is 1. The van der Waals surface area contributed by atoms with Crippen LogP contribution >= 0.6 is 0 Å². The highest BCUT2D eigenvalue weighted by Gasteiger charge is 2.26. The van der Waals surface area contributed by atoms with Gasteiger partial charge in [-0.15, -0.1) is 0 Å². The number of benzene rings is 1. The van der Waals surface area contributed by atoms with E-state index in [0.717, 1.165) is 0 Å². The highest BCUT2D eigenvalue weighted by molar-refractivity contribution is 6.02. The van der Waals surface area contributed by atoms with Gasteiger partial charge in [0.1, 0.15) is 12.3 Å². The number of rotatable bonds is 4. The number of nitriles is 1. The van der Waals surface area contributed by atoms with Crippen LogP contribution in [0.4, 0.5) is 0 Å². The SMILES string of the molecule is COc1cc(C(C)=O)cc(C(C)(C)C)c1C(=O)NCC#N. The minimum atomic E-state index is -0.381. The van der Waals surface area contributed by atoms with E-state index in [9.17, 15) is 9.59 Å². The van der Waals surface area contributed by atoms with Gasteiger partial charge in [0.25, 0.3) is 5.91 Å². The monoisotopic (exact) mass is 288 g/mol. The Balaban J connectivity index is 3.55. The van der Waals surface area contributed by atoms with Crippen LogP contribution in [0.25, 0.3) is 0 Å². The lowest BCUT2D eigenvalue weighted by Gasteiger charge is -2.24. The van der Waals surface area contributed by atoms with Gasteiger partial charge in [-0.25, -0.2) is 0 Å². The lowest BCUT2D eigenvalue weighted by atomic mass is 9.81. The molecule has 112 valence electrons. The minimum Gasteiger partial charge on any atom is -0.496 e. The molecule has 5 heteroatoms. The molecule has 0 aliphatic rings. The zero-order valence-corrected chi connectivity index (χ0v) is 13.0. The minimum absolute atomic E-state index is 0.0833. The molecule has 0 atom stereocenters. The molecule has 0 aliphatic heterocycles. The fourth-order valence-corrected chi connectivity index (χ4v) is 2.01. The first-order valence-corrected chi connectivity index (χ1v) is 6.61. The van der Waals surface area contributed by atoms with E-state index in [4.69, 9.17) is 10.00 Å². The van der Waals surface area contributed by atoms with Crippen molar-refractivity contribution in [3.05, 3.63) is 28.8 Å². The molecule has 0 bridgehead atoms. The van der Waals surface area contributed by atoms with Crippen LogP contribution in [0.5, 0.6) is 5.75 Å². The predicted octanol–water partition coefficient (Wildman–Crippen LogP) is 2.45. The van der Waals surface area contributed by atoms with Crippen molar-refractivity contribution in [2.24, 2.45) is 0 Å². The standard InChI is InChI=1S/C16H20N2O3/c1-10(19)11-8-12(16(2,3)4)14(13(9-11)21-5)15(20)18-7-6-17/h8-9H,7H2,1-5H3,(H,18,20). The van der Waals surface area contributed by atoms with Gasteiger partial charge in [0, 0.05) is 5.56 Å². The molecular formula is C16H20N2O3.